The highest BCUT2D eigenvalue weighted by atomic mass is 16.2. The van der Waals surface area contributed by atoms with E-state index in [1.807, 2.05) is 18.2 Å². The highest BCUT2D eigenvalue weighted by Gasteiger charge is 2.29. The summed E-state index contributed by atoms with van der Waals surface area (Å²) >= 11 is 0. The summed E-state index contributed by atoms with van der Waals surface area (Å²) in [5, 5.41) is 2.67. The summed E-state index contributed by atoms with van der Waals surface area (Å²) in [5.41, 5.74) is 2.58. The van der Waals surface area contributed by atoms with Gasteiger partial charge in [-0.3, -0.25) is 9.59 Å². The lowest BCUT2D eigenvalue weighted by Crippen LogP contribution is -2.19. The third kappa shape index (κ3) is 1.15. The first-order valence-corrected chi connectivity index (χ1v) is 5.11. The van der Waals surface area contributed by atoms with Crippen LogP contribution < -0.4 is 5.32 Å². The molecule has 1 aromatic rings. The average molecular weight is 211 g/mol. The van der Waals surface area contributed by atoms with Gasteiger partial charge >= 0.3 is 0 Å². The second-order valence-corrected chi connectivity index (χ2v) is 3.80. The van der Waals surface area contributed by atoms with Crippen molar-refractivity contribution in [3.8, 4) is 0 Å². The number of fused-ring (bicyclic) bond motifs is 1. The standard InChI is InChI=1S/C13H9NO2/c15-12-9-4-2-1-3-8(9)7-11(12)10-5-6-14-13(10)16/h1-5,7H,6H2,(H,14,16). The van der Waals surface area contributed by atoms with Gasteiger partial charge in [-0.25, -0.2) is 0 Å². The summed E-state index contributed by atoms with van der Waals surface area (Å²) in [6, 6.07) is 7.38. The van der Waals surface area contributed by atoms with Gasteiger partial charge in [0, 0.05) is 23.3 Å². The van der Waals surface area contributed by atoms with Gasteiger partial charge in [-0.1, -0.05) is 30.3 Å². The summed E-state index contributed by atoms with van der Waals surface area (Å²) in [6.07, 6.45) is 3.55. The van der Waals surface area contributed by atoms with Crippen molar-refractivity contribution in [2.75, 3.05) is 6.54 Å². The van der Waals surface area contributed by atoms with Gasteiger partial charge in [0.25, 0.3) is 5.91 Å². The Kier molecular flexibility index (Phi) is 1.80. The smallest absolute Gasteiger partial charge is 0.252 e. The average Bonchev–Trinajstić information content (AvgIpc) is 2.84. The van der Waals surface area contributed by atoms with Crippen LogP contribution >= 0.6 is 0 Å². The monoisotopic (exact) mass is 211 g/mol. The minimum absolute atomic E-state index is 0.0566. The molecule has 1 N–H and O–H groups in total. The molecule has 1 heterocycles. The van der Waals surface area contributed by atoms with Gasteiger partial charge in [0.05, 0.1) is 0 Å². The zero-order valence-electron chi connectivity index (χ0n) is 8.49. The molecule has 1 aromatic carbocycles. The van der Waals surface area contributed by atoms with E-state index in [4.69, 9.17) is 0 Å². The number of rotatable bonds is 1. The largest absolute Gasteiger partial charge is 0.349 e. The van der Waals surface area contributed by atoms with Crippen molar-refractivity contribution in [2.45, 2.75) is 0 Å². The third-order valence-corrected chi connectivity index (χ3v) is 2.85. The molecular weight excluding hydrogens is 202 g/mol. The fraction of sp³-hybridized carbons (Fsp3) is 0.0769. The number of carbonyl (C=O) groups excluding carboxylic acids is 2. The van der Waals surface area contributed by atoms with E-state index in [9.17, 15) is 9.59 Å². The van der Waals surface area contributed by atoms with E-state index in [1.165, 1.54) is 0 Å². The Hall–Kier alpha value is -2.16. The highest BCUT2D eigenvalue weighted by molar-refractivity contribution is 6.25. The molecule has 0 atom stereocenters. The van der Waals surface area contributed by atoms with E-state index in [0.717, 1.165) is 5.56 Å². The lowest BCUT2D eigenvalue weighted by Gasteiger charge is -1.99. The van der Waals surface area contributed by atoms with E-state index < -0.39 is 0 Å². The molecule has 1 aliphatic carbocycles. The number of hydrogen-bond acceptors (Lipinski definition) is 2. The van der Waals surface area contributed by atoms with Crippen molar-refractivity contribution in [1.82, 2.24) is 5.32 Å². The number of benzene rings is 1. The zero-order valence-corrected chi connectivity index (χ0v) is 8.49. The number of nitrogens with one attached hydrogen (secondary N) is 1. The molecule has 0 spiro atoms. The van der Waals surface area contributed by atoms with Crippen molar-refractivity contribution in [3.05, 3.63) is 52.6 Å². The predicted octanol–water partition coefficient (Wildman–Crippen LogP) is 1.32. The quantitative estimate of drug-likeness (QED) is 0.761. The lowest BCUT2D eigenvalue weighted by molar-refractivity contribution is -0.116. The Morgan fingerprint density at radius 2 is 1.88 bits per heavy atom. The van der Waals surface area contributed by atoms with E-state index >= 15 is 0 Å². The molecule has 0 saturated heterocycles. The molecule has 3 rings (SSSR count). The zero-order chi connectivity index (χ0) is 11.1. The van der Waals surface area contributed by atoms with Crippen LogP contribution in [0.4, 0.5) is 0 Å². The van der Waals surface area contributed by atoms with E-state index in [2.05, 4.69) is 5.32 Å². The Morgan fingerprint density at radius 1 is 1.06 bits per heavy atom. The van der Waals surface area contributed by atoms with Crippen LogP contribution in [0.3, 0.4) is 0 Å². The van der Waals surface area contributed by atoms with E-state index in [0.29, 0.717) is 23.3 Å². The molecule has 0 radical (unpaired) electrons. The van der Waals surface area contributed by atoms with Crippen molar-refractivity contribution in [1.29, 1.82) is 0 Å². The molecule has 0 aromatic heterocycles. The van der Waals surface area contributed by atoms with Gasteiger partial charge in [0.15, 0.2) is 5.78 Å². The van der Waals surface area contributed by atoms with Crippen LogP contribution in [0.25, 0.3) is 6.08 Å². The third-order valence-electron chi connectivity index (χ3n) is 2.85. The summed E-state index contributed by atoms with van der Waals surface area (Å²) < 4.78 is 0. The second-order valence-electron chi connectivity index (χ2n) is 3.80. The van der Waals surface area contributed by atoms with Crippen LogP contribution in [0.2, 0.25) is 0 Å². The maximum atomic E-state index is 12.0. The van der Waals surface area contributed by atoms with Crippen molar-refractivity contribution < 1.29 is 9.59 Å². The molecule has 0 unspecified atom stereocenters. The Bertz CT molecular complexity index is 567. The summed E-state index contributed by atoms with van der Waals surface area (Å²) in [6.45, 7) is 0.509. The first kappa shape index (κ1) is 9.09. The molecule has 0 saturated carbocycles. The summed E-state index contributed by atoms with van der Waals surface area (Å²) in [5.74, 6) is -0.216. The molecule has 1 aliphatic heterocycles. The predicted molar refractivity (Wildman–Crippen MR) is 59.8 cm³/mol. The first-order valence-electron chi connectivity index (χ1n) is 5.11. The Balaban J connectivity index is 2.09. The molecule has 0 fully saturated rings. The van der Waals surface area contributed by atoms with Crippen molar-refractivity contribution in [3.63, 3.8) is 0 Å². The molecular formula is C13H9NO2. The first-order chi connectivity index (χ1) is 7.77. The van der Waals surface area contributed by atoms with Crippen LogP contribution in [-0.4, -0.2) is 18.2 Å². The highest BCUT2D eigenvalue weighted by Crippen LogP contribution is 2.30. The molecule has 3 nitrogen and oxygen atoms in total. The maximum absolute atomic E-state index is 12.0. The second kappa shape index (κ2) is 3.17. The van der Waals surface area contributed by atoms with Crippen LogP contribution in [-0.2, 0) is 4.79 Å². The molecule has 78 valence electrons. The maximum Gasteiger partial charge on any atom is 0.252 e. The number of carbonyl (C=O) groups is 2. The summed E-state index contributed by atoms with van der Waals surface area (Å²) in [4.78, 5) is 23.5. The number of amides is 1. The van der Waals surface area contributed by atoms with Gasteiger partial charge in [-0.05, 0) is 11.6 Å². The van der Waals surface area contributed by atoms with Gasteiger partial charge < -0.3 is 5.32 Å². The molecule has 3 heteroatoms. The van der Waals surface area contributed by atoms with Gasteiger partial charge in [0.2, 0.25) is 0 Å². The minimum Gasteiger partial charge on any atom is -0.349 e. The SMILES string of the molecule is O=C1NCC=C1C1=Cc2ccccc2C1=O. The fourth-order valence-corrected chi connectivity index (χ4v) is 2.06. The minimum atomic E-state index is -0.160. The van der Waals surface area contributed by atoms with Gasteiger partial charge in [-0.2, -0.15) is 0 Å². The number of ketones is 1. The molecule has 0 bridgehead atoms. The number of hydrogen-bond donors (Lipinski definition) is 1. The van der Waals surface area contributed by atoms with E-state index in [-0.39, 0.29) is 11.7 Å². The fourth-order valence-electron chi connectivity index (χ4n) is 2.06. The van der Waals surface area contributed by atoms with Crippen LogP contribution in [0.5, 0.6) is 0 Å². The normalized spacial score (nSPS) is 18.0. The Labute approximate surface area is 92.5 Å². The van der Waals surface area contributed by atoms with E-state index in [1.54, 1.807) is 18.2 Å². The lowest BCUT2D eigenvalue weighted by atomic mass is 10.0. The molecule has 1 amide bonds. The Morgan fingerprint density at radius 3 is 2.56 bits per heavy atom. The topological polar surface area (TPSA) is 46.2 Å². The van der Waals surface area contributed by atoms with Crippen LogP contribution in [0.1, 0.15) is 15.9 Å². The van der Waals surface area contributed by atoms with Crippen molar-refractivity contribution in [2.24, 2.45) is 0 Å². The summed E-state index contributed by atoms with van der Waals surface area (Å²) in [7, 11) is 0. The van der Waals surface area contributed by atoms with Crippen LogP contribution in [0.15, 0.2) is 41.5 Å². The number of Topliss-reactive ketones (excluding diaryl/α,β-unsaturated/α-hetero) is 1. The van der Waals surface area contributed by atoms with Gasteiger partial charge in [-0.15, -0.1) is 0 Å². The molecule has 2 aliphatic rings. The molecule has 16 heavy (non-hydrogen) atoms. The van der Waals surface area contributed by atoms with Crippen molar-refractivity contribution >= 4 is 17.8 Å². The van der Waals surface area contributed by atoms with Crippen LogP contribution in [0, 0.1) is 0 Å². The van der Waals surface area contributed by atoms with Gasteiger partial charge in [0.1, 0.15) is 0 Å².